The number of hydrogen-bond acceptors (Lipinski definition) is 2. The minimum absolute atomic E-state index is 0.893. The Morgan fingerprint density at radius 1 is 1.56 bits per heavy atom. The molecular weight excluding hydrogens is 112 g/mol. The molecule has 0 radical (unpaired) electrons. The summed E-state index contributed by atoms with van der Waals surface area (Å²) in [5.41, 5.74) is 0. The van der Waals surface area contributed by atoms with Gasteiger partial charge in [-0.3, -0.25) is 0 Å². The van der Waals surface area contributed by atoms with E-state index in [1.807, 2.05) is 0 Å². The summed E-state index contributed by atoms with van der Waals surface area (Å²) in [6, 6.07) is 0. The van der Waals surface area contributed by atoms with Crippen molar-refractivity contribution in [3.05, 3.63) is 0 Å². The van der Waals surface area contributed by atoms with Crippen LogP contribution in [0, 0.1) is 0 Å². The molecule has 9 heavy (non-hydrogen) atoms. The van der Waals surface area contributed by atoms with Gasteiger partial charge < -0.3 is 9.89 Å². The summed E-state index contributed by atoms with van der Waals surface area (Å²) >= 11 is 0. The van der Waals surface area contributed by atoms with Gasteiger partial charge in [0.25, 0.3) is 0 Å². The van der Waals surface area contributed by atoms with E-state index in [9.17, 15) is 0 Å². The number of aliphatic imine (C=N–C) groups is 1. The van der Waals surface area contributed by atoms with Crippen LogP contribution in [0.15, 0.2) is 4.99 Å². The first-order valence-corrected chi connectivity index (χ1v) is 3.42. The summed E-state index contributed by atoms with van der Waals surface area (Å²) in [7, 11) is 2.11. The molecule has 0 rings (SSSR count). The fraction of sp³-hybridized carbons (Fsp3) is 0.857. The molecule has 2 nitrogen and oxygen atoms in total. The summed E-state index contributed by atoms with van der Waals surface area (Å²) in [5.74, 6) is 0. The predicted octanol–water partition coefficient (Wildman–Crippen LogP) is 1.03. The van der Waals surface area contributed by atoms with Gasteiger partial charge in [-0.05, 0) is 33.3 Å². The van der Waals surface area contributed by atoms with Gasteiger partial charge >= 0.3 is 0 Å². The minimum Gasteiger partial charge on any atom is -0.307 e. The maximum Gasteiger partial charge on any atom is 0.0394 e. The molecule has 0 saturated carbocycles. The van der Waals surface area contributed by atoms with Gasteiger partial charge in [0.2, 0.25) is 0 Å². The molecule has 0 unspecified atom stereocenters. The Hall–Kier alpha value is -0.370. The second-order valence-electron chi connectivity index (χ2n) is 2.20. The molecule has 0 aliphatic rings. The van der Waals surface area contributed by atoms with E-state index in [2.05, 4.69) is 30.6 Å². The van der Waals surface area contributed by atoms with Gasteiger partial charge in [-0.2, -0.15) is 0 Å². The van der Waals surface area contributed by atoms with Crippen LogP contribution in [0.4, 0.5) is 0 Å². The molecule has 0 bridgehead atoms. The highest BCUT2D eigenvalue weighted by molar-refractivity contribution is 5.22. The standard InChI is InChI=1S/C7H16N2/c1-4-9(3)7-5-6-8-2/h2,4-7H2,1,3H3. The summed E-state index contributed by atoms with van der Waals surface area (Å²) in [4.78, 5) is 6.03. The van der Waals surface area contributed by atoms with Crippen molar-refractivity contribution in [2.45, 2.75) is 13.3 Å². The molecule has 54 valence electrons. The van der Waals surface area contributed by atoms with Crippen molar-refractivity contribution in [2.24, 2.45) is 4.99 Å². The Morgan fingerprint density at radius 3 is 2.67 bits per heavy atom. The zero-order chi connectivity index (χ0) is 7.11. The van der Waals surface area contributed by atoms with Crippen molar-refractivity contribution in [1.82, 2.24) is 4.90 Å². The van der Waals surface area contributed by atoms with Crippen LogP contribution in [0.25, 0.3) is 0 Å². The van der Waals surface area contributed by atoms with Crippen molar-refractivity contribution >= 4 is 6.72 Å². The molecule has 0 aromatic heterocycles. The minimum atomic E-state index is 0.893. The SMILES string of the molecule is C=NCCCN(C)CC. The average Bonchev–Trinajstić information content (AvgIpc) is 1.89. The average molecular weight is 128 g/mol. The van der Waals surface area contributed by atoms with E-state index in [0.29, 0.717) is 0 Å². The normalized spacial score (nSPS) is 10.1. The van der Waals surface area contributed by atoms with Gasteiger partial charge in [0, 0.05) is 6.54 Å². The fourth-order valence-corrected chi connectivity index (χ4v) is 0.611. The van der Waals surface area contributed by atoms with Crippen LogP contribution in [0.2, 0.25) is 0 Å². The second-order valence-corrected chi connectivity index (χ2v) is 2.20. The van der Waals surface area contributed by atoms with E-state index in [-0.39, 0.29) is 0 Å². The van der Waals surface area contributed by atoms with Crippen LogP contribution in [0.5, 0.6) is 0 Å². The molecule has 0 spiro atoms. The lowest BCUT2D eigenvalue weighted by molar-refractivity contribution is 0.350. The number of rotatable bonds is 5. The molecule has 0 saturated heterocycles. The Bertz CT molecular complexity index is 71.3. The zero-order valence-corrected chi connectivity index (χ0v) is 6.43. The molecule has 0 aliphatic carbocycles. The van der Waals surface area contributed by atoms with Crippen LogP contribution in [0.3, 0.4) is 0 Å². The lowest BCUT2D eigenvalue weighted by Crippen LogP contribution is -2.19. The fourth-order valence-electron chi connectivity index (χ4n) is 0.611. The van der Waals surface area contributed by atoms with Crippen LogP contribution < -0.4 is 0 Å². The molecule has 0 aliphatic heterocycles. The topological polar surface area (TPSA) is 15.6 Å². The highest BCUT2D eigenvalue weighted by Crippen LogP contribution is 1.85. The van der Waals surface area contributed by atoms with E-state index < -0.39 is 0 Å². The Labute approximate surface area is 57.6 Å². The highest BCUT2D eigenvalue weighted by atomic mass is 15.1. The van der Waals surface area contributed by atoms with Crippen molar-refractivity contribution in [3.8, 4) is 0 Å². The predicted molar refractivity (Wildman–Crippen MR) is 42.2 cm³/mol. The number of nitrogens with zero attached hydrogens (tertiary/aromatic N) is 2. The van der Waals surface area contributed by atoms with Crippen LogP contribution in [-0.4, -0.2) is 38.3 Å². The van der Waals surface area contributed by atoms with Gasteiger partial charge in [0.15, 0.2) is 0 Å². The molecule has 0 aromatic carbocycles. The van der Waals surface area contributed by atoms with Gasteiger partial charge in [-0.1, -0.05) is 6.92 Å². The maximum absolute atomic E-state index is 3.77. The summed E-state index contributed by atoms with van der Waals surface area (Å²) in [6.07, 6.45) is 1.13. The quantitative estimate of drug-likeness (QED) is 0.399. The molecule has 0 fully saturated rings. The lowest BCUT2D eigenvalue weighted by Gasteiger charge is -2.11. The monoisotopic (exact) mass is 128 g/mol. The molecular formula is C7H16N2. The Balaban J connectivity index is 2.96. The molecule has 0 aromatic rings. The van der Waals surface area contributed by atoms with Crippen molar-refractivity contribution in [2.75, 3.05) is 26.7 Å². The van der Waals surface area contributed by atoms with E-state index in [1.54, 1.807) is 0 Å². The van der Waals surface area contributed by atoms with Gasteiger partial charge in [0.05, 0.1) is 0 Å². The first-order valence-electron chi connectivity index (χ1n) is 3.42. The zero-order valence-electron chi connectivity index (χ0n) is 6.43. The Morgan fingerprint density at radius 2 is 2.22 bits per heavy atom. The van der Waals surface area contributed by atoms with E-state index in [4.69, 9.17) is 0 Å². The molecule has 0 amide bonds. The second kappa shape index (κ2) is 5.76. The maximum atomic E-state index is 3.77. The summed E-state index contributed by atoms with van der Waals surface area (Å²) in [6.45, 7) is 8.72. The first-order chi connectivity index (χ1) is 4.31. The van der Waals surface area contributed by atoms with Crippen LogP contribution in [-0.2, 0) is 0 Å². The third kappa shape index (κ3) is 5.50. The molecule has 0 atom stereocenters. The van der Waals surface area contributed by atoms with E-state index in [1.165, 1.54) is 0 Å². The van der Waals surface area contributed by atoms with Gasteiger partial charge in [0.1, 0.15) is 0 Å². The van der Waals surface area contributed by atoms with Crippen molar-refractivity contribution < 1.29 is 0 Å². The largest absolute Gasteiger partial charge is 0.307 e. The van der Waals surface area contributed by atoms with E-state index in [0.717, 1.165) is 26.1 Å². The molecule has 0 heterocycles. The van der Waals surface area contributed by atoms with Crippen molar-refractivity contribution in [3.63, 3.8) is 0 Å². The van der Waals surface area contributed by atoms with Crippen LogP contribution >= 0.6 is 0 Å². The first kappa shape index (κ1) is 8.63. The van der Waals surface area contributed by atoms with Gasteiger partial charge in [-0.15, -0.1) is 0 Å². The summed E-state index contributed by atoms with van der Waals surface area (Å²) in [5, 5.41) is 0. The lowest BCUT2D eigenvalue weighted by atomic mass is 10.4. The van der Waals surface area contributed by atoms with Crippen molar-refractivity contribution in [1.29, 1.82) is 0 Å². The van der Waals surface area contributed by atoms with Crippen LogP contribution in [0.1, 0.15) is 13.3 Å². The highest BCUT2D eigenvalue weighted by Gasteiger charge is 1.90. The van der Waals surface area contributed by atoms with Gasteiger partial charge in [-0.25, -0.2) is 0 Å². The molecule has 2 heteroatoms. The van der Waals surface area contributed by atoms with E-state index >= 15 is 0 Å². The Kier molecular flexibility index (Phi) is 5.52. The summed E-state index contributed by atoms with van der Waals surface area (Å²) < 4.78 is 0. The molecule has 0 N–H and O–H groups in total. The number of hydrogen-bond donors (Lipinski definition) is 0. The third-order valence-electron chi connectivity index (χ3n) is 1.40. The smallest absolute Gasteiger partial charge is 0.0394 e. The third-order valence-corrected chi connectivity index (χ3v) is 1.40.